The van der Waals surface area contributed by atoms with E-state index in [0.717, 1.165) is 39.5 Å². The second-order valence-electron chi connectivity index (χ2n) is 8.57. The Morgan fingerprint density at radius 2 is 1.30 bits per heavy atom. The van der Waals surface area contributed by atoms with E-state index < -0.39 is 54.6 Å². The molecule has 206 valence electrons. The second-order valence-corrected chi connectivity index (χ2v) is 8.57. The molecule has 0 aromatic heterocycles. The molecule has 0 aliphatic carbocycles. The lowest BCUT2D eigenvalue weighted by Gasteiger charge is -2.43. The lowest BCUT2D eigenvalue weighted by molar-refractivity contribution is -0.288. The molecule has 5 atom stereocenters. The molecule has 1 fully saturated rings. The zero-order chi connectivity index (χ0) is 27.4. The van der Waals surface area contributed by atoms with Gasteiger partial charge in [0.15, 0.2) is 12.2 Å². The van der Waals surface area contributed by atoms with Crippen molar-refractivity contribution in [2.24, 2.45) is 0 Å². The number of hydrogen-bond donors (Lipinski definition) is 0. The minimum absolute atomic E-state index is 0.331. The third-order valence-corrected chi connectivity index (χ3v) is 5.29. The van der Waals surface area contributed by atoms with E-state index in [1.165, 1.54) is 13.8 Å². The maximum Gasteiger partial charge on any atom is 0.303 e. The molecule has 1 aromatic rings. The van der Waals surface area contributed by atoms with Gasteiger partial charge in [0.05, 0.1) is 6.61 Å². The summed E-state index contributed by atoms with van der Waals surface area (Å²) in [5, 5.41) is 0. The Hall–Kier alpha value is -3.34. The van der Waals surface area contributed by atoms with Crippen LogP contribution in [0.1, 0.15) is 60.3 Å². The largest absolute Gasteiger partial charge is 0.494 e. The molecule has 0 radical (unpaired) electrons. The van der Waals surface area contributed by atoms with Gasteiger partial charge in [-0.1, -0.05) is 26.2 Å². The Labute approximate surface area is 216 Å². The zero-order valence-electron chi connectivity index (χ0n) is 21.9. The summed E-state index contributed by atoms with van der Waals surface area (Å²) < 4.78 is 38.8. The van der Waals surface area contributed by atoms with Gasteiger partial charge in [-0.15, -0.1) is 0 Å². The zero-order valence-corrected chi connectivity index (χ0v) is 21.9. The van der Waals surface area contributed by atoms with E-state index in [2.05, 4.69) is 6.92 Å². The lowest BCUT2D eigenvalue weighted by atomic mass is 9.98. The van der Waals surface area contributed by atoms with Crippen LogP contribution in [0.3, 0.4) is 0 Å². The first-order chi connectivity index (χ1) is 17.6. The van der Waals surface area contributed by atoms with Crippen LogP contribution in [0.4, 0.5) is 0 Å². The van der Waals surface area contributed by atoms with Crippen molar-refractivity contribution < 1.29 is 52.3 Å². The second kappa shape index (κ2) is 15.0. The van der Waals surface area contributed by atoms with Gasteiger partial charge < -0.3 is 33.2 Å². The van der Waals surface area contributed by atoms with Gasteiger partial charge >= 0.3 is 23.9 Å². The topological polar surface area (TPSA) is 133 Å². The molecular weight excluding hydrogens is 488 g/mol. The van der Waals surface area contributed by atoms with Crippen molar-refractivity contribution in [1.29, 1.82) is 0 Å². The molecule has 11 nitrogen and oxygen atoms in total. The van der Waals surface area contributed by atoms with Crippen LogP contribution in [0.2, 0.25) is 0 Å². The number of ether oxygens (including phenoxy) is 7. The Morgan fingerprint density at radius 1 is 0.730 bits per heavy atom. The summed E-state index contributed by atoms with van der Waals surface area (Å²) in [7, 11) is 0. The SMILES string of the molecule is CCCCCCOc1ccc(O[C@H]2O[C@H](COC(C)=O)[C@H](OC(C)=O)[C@H](OC(C)=O)[C@H]2OC(C)=O)cc1. The Kier molecular flexibility index (Phi) is 12.1. The molecule has 0 N–H and O–H groups in total. The fraction of sp³-hybridized carbons (Fsp3) is 0.615. The third-order valence-electron chi connectivity index (χ3n) is 5.29. The predicted molar refractivity (Wildman–Crippen MR) is 129 cm³/mol. The summed E-state index contributed by atoms with van der Waals surface area (Å²) in [6, 6.07) is 6.74. The molecule has 37 heavy (non-hydrogen) atoms. The molecule has 11 heteroatoms. The minimum Gasteiger partial charge on any atom is -0.494 e. The first-order valence-corrected chi connectivity index (χ1v) is 12.3. The van der Waals surface area contributed by atoms with Gasteiger partial charge in [-0.05, 0) is 30.7 Å². The van der Waals surface area contributed by atoms with E-state index in [0.29, 0.717) is 18.1 Å². The van der Waals surface area contributed by atoms with E-state index in [-0.39, 0.29) is 6.61 Å². The Morgan fingerprint density at radius 3 is 1.86 bits per heavy atom. The predicted octanol–water partition coefficient (Wildman–Crippen LogP) is 3.11. The molecule has 1 saturated heterocycles. The van der Waals surface area contributed by atoms with Gasteiger partial charge in [-0.25, -0.2) is 0 Å². The number of carbonyl (C=O) groups is 4. The standard InChI is InChI=1S/C26H36O11/c1-6-7-8-9-14-31-20-10-12-21(13-11-20)36-26-25(35-19(5)30)24(34-18(4)29)23(33-17(3)28)22(37-26)15-32-16(2)27/h10-13,22-26H,6-9,14-15H2,1-5H3/t22-,23+,24+,25-,26+/m1/s1. The highest BCUT2D eigenvalue weighted by Gasteiger charge is 2.53. The number of unbranched alkanes of at least 4 members (excludes halogenated alkanes) is 3. The van der Waals surface area contributed by atoms with Gasteiger partial charge in [-0.2, -0.15) is 0 Å². The van der Waals surface area contributed by atoms with Crippen LogP contribution in [0.25, 0.3) is 0 Å². The average molecular weight is 525 g/mol. The fourth-order valence-corrected chi connectivity index (χ4v) is 3.75. The van der Waals surface area contributed by atoms with Crippen molar-refractivity contribution in [3.05, 3.63) is 24.3 Å². The molecule has 1 aliphatic rings. The molecule has 1 aliphatic heterocycles. The molecule has 2 rings (SSSR count). The molecule has 0 bridgehead atoms. The summed E-state index contributed by atoms with van der Waals surface area (Å²) in [4.78, 5) is 47.1. The van der Waals surface area contributed by atoms with E-state index in [1.54, 1.807) is 24.3 Å². The average Bonchev–Trinajstić information content (AvgIpc) is 2.81. The highest BCUT2D eigenvalue weighted by molar-refractivity contribution is 5.68. The molecule has 0 saturated carbocycles. The smallest absolute Gasteiger partial charge is 0.303 e. The Bertz CT molecular complexity index is 898. The highest BCUT2D eigenvalue weighted by Crippen LogP contribution is 2.31. The van der Waals surface area contributed by atoms with Crippen LogP contribution in [-0.4, -0.2) is 67.8 Å². The molecule has 1 aromatic carbocycles. The van der Waals surface area contributed by atoms with Crippen molar-refractivity contribution in [2.75, 3.05) is 13.2 Å². The van der Waals surface area contributed by atoms with Crippen LogP contribution in [0.5, 0.6) is 11.5 Å². The molecule has 1 heterocycles. The van der Waals surface area contributed by atoms with Gasteiger partial charge in [0.1, 0.15) is 24.2 Å². The van der Waals surface area contributed by atoms with Gasteiger partial charge in [-0.3, -0.25) is 19.2 Å². The van der Waals surface area contributed by atoms with Crippen LogP contribution in [0.15, 0.2) is 24.3 Å². The van der Waals surface area contributed by atoms with Gasteiger partial charge in [0, 0.05) is 27.7 Å². The van der Waals surface area contributed by atoms with Crippen LogP contribution >= 0.6 is 0 Å². The molecule has 0 unspecified atom stereocenters. The van der Waals surface area contributed by atoms with Crippen molar-refractivity contribution in [1.82, 2.24) is 0 Å². The van der Waals surface area contributed by atoms with Crippen LogP contribution in [-0.2, 0) is 42.9 Å². The number of rotatable bonds is 13. The number of hydrogen-bond acceptors (Lipinski definition) is 11. The monoisotopic (exact) mass is 524 g/mol. The number of carbonyl (C=O) groups excluding carboxylic acids is 4. The molecule has 0 amide bonds. The van der Waals surface area contributed by atoms with E-state index in [4.69, 9.17) is 33.2 Å². The third kappa shape index (κ3) is 10.3. The van der Waals surface area contributed by atoms with Crippen LogP contribution < -0.4 is 9.47 Å². The van der Waals surface area contributed by atoms with Crippen molar-refractivity contribution in [3.63, 3.8) is 0 Å². The van der Waals surface area contributed by atoms with E-state index >= 15 is 0 Å². The lowest BCUT2D eigenvalue weighted by Crippen LogP contribution is -2.63. The number of esters is 4. The van der Waals surface area contributed by atoms with Crippen LogP contribution in [0, 0.1) is 0 Å². The normalized spacial score (nSPS) is 22.9. The summed E-state index contributed by atoms with van der Waals surface area (Å²) in [6.07, 6.45) is -1.85. The minimum atomic E-state index is -1.30. The van der Waals surface area contributed by atoms with E-state index in [9.17, 15) is 19.2 Å². The van der Waals surface area contributed by atoms with E-state index in [1.807, 2.05) is 0 Å². The summed E-state index contributed by atoms with van der Waals surface area (Å²) in [6.45, 7) is 7.10. The number of benzene rings is 1. The summed E-state index contributed by atoms with van der Waals surface area (Å²) in [5.74, 6) is -1.72. The van der Waals surface area contributed by atoms with Crippen molar-refractivity contribution >= 4 is 23.9 Å². The van der Waals surface area contributed by atoms with Crippen molar-refractivity contribution in [3.8, 4) is 11.5 Å². The molecule has 0 spiro atoms. The maximum atomic E-state index is 11.9. The molecular formula is C26H36O11. The fourth-order valence-electron chi connectivity index (χ4n) is 3.75. The maximum absolute atomic E-state index is 11.9. The summed E-state index contributed by atoms with van der Waals surface area (Å²) >= 11 is 0. The quantitative estimate of drug-likeness (QED) is 0.214. The Balaban J connectivity index is 2.26. The van der Waals surface area contributed by atoms with Gasteiger partial charge in [0.2, 0.25) is 12.4 Å². The first-order valence-electron chi connectivity index (χ1n) is 12.3. The summed E-state index contributed by atoms with van der Waals surface area (Å²) in [5.41, 5.74) is 0. The van der Waals surface area contributed by atoms with Gasteiger partial charge in [0.25, 0.3) is 0 Å². The highest BCUT2D eigenvalue weighted by atomic mass is 16.7. The first kappa shape index (κ1) is 29.9. The van der Waals surface area contributed by atoms with Crippen molar-refractivity contribution in [2.45, 2.75) is 91.0 Å².